The fourth-order valence-corrected chi connectivity index (χ4v) is 5.45. The number of benzene rings is 3. The summed E-state index contributed by atoms with van der Waals surface area (Å²) in [7, 11) is 0. The summed E-state index contributed by atoms with van der Waals surface area (Å²) in [6, 6.07) is 18.7. The molecule has 8 heteroatoms. The maximum Gasteiger partial charge on any atom is 0.335 e. The van der Waals surface area contributed by atoms with Crippen LogP contribution < -0.4 is 15.4 Å². The molecule has 1 heterocycles. The number of allylic oxidation sites excluding steroid dienone is 1. The summed E-state index contributed by atoms with van der Waals surface area (Å²) in [4.78, 5) is 24.3. The van der Waals surface area contributed by atoms with Crippen molar-refractivity contribution in [1.82, 2.24) is 5.32 Å². The summed E-state index contributed by atoms with van der Waals surface area (Å²) in [6.45, 7) is 6.26. The second-order valence-corrected chi connectivity index (χ2v) is 10.5. The quantitative estimate of drug-likeness (QED) is 0.185. The third-order valence-corrected chi connectivity index (χ3v) is 7.40. The smallest absolute Gasteiger partial charge is 0.335 e. The van der Waals surface area contributed by atoms with E-state index in [1.54, 1.807) is 30.3 Å². The van der Waals surface area contributed by atoms with E-state index in [1.807, 2.05) is 30.3 Å². The summed E-state index contributed by atoms with van der Waals surface area (Å²) >= 11 is 5.06. The monoisotopic (exact) mass is 578 g/mol. The number of carboxylic acid groups (broad SMARTS) is 1. The van der Waals surface area contributed by atoms with Crippen LogP contribution in [0.3, 0.4) is 0 Å². The molecule has 0 saturated carbocycles. The topological polar surface area (TPSA) is 87.7 Å². The highest BCUT2D eigenvalue weighted by Crippen LogP contribution is 2.35. The Hall–Kier alpha value is -3.49. The molecule has 4 rings (SSSR count). The van der Waals surface area contributed by atoms with Gasteiger partial charge < -0.3 is 20.5 Å². The van der Waals surface area contributed by atoms with Crippen molar-refractivity contribution in [2.24, 2.45) is 0 Å². The van der Waals surface area contributed by atoms with E-state index in [0.29, 0.717) is 17.1 Å². The highest BCUT2D eigenvalue weighted by molar-refractivity contribution is 9.10. The van der Waals surface area contributed by atoms with E-state index in [0.717, 1.165) is 33.3 Å². The lowest BCUT2D eigenvalue weighted by molar-refractivity contribution is -0.116. The standard InChI is InChI=1S/C29H27BrN2O4S/c1-3-5-22-14-20(15-24(30)26(22)36-17-19-6-10-21(11-7-19)28(34)35)16-25-27(33)32-29(37-25)31-23-12-8-18(4-2)9-13-23/h3,6-16,29,31H,1,4-5,17H2,2H3,(H,32,33)(H,34,35)/b25-16-/t29-/m0/s1. The van der Waals surface area contributed by atoms with Crippen LogP contribution in [-0.4, -0.2) is 22.5 Å². The number of halogens is 1. The van der Waals surface area contributed by atoms with Gasteiger partial charge in [-0.15, -0.1) is 6.58 Å². The molecule has 1 saturated heterocycles. The lowest BCUT2D eigenvalue weighted by atomic mass is 10.1. The Kier molecular flexibility index (Phi) is 8.74. The molecule has 0 unspecified atom stereocenters. The number of carbonyl (C=O) groups is 2. The molecule has 0 spiro atoms. The third-order valence-electron chi connectivity index (χ3n) is 5.78. The Bertz CT molecular complexity index is 1340. The van der Waals surface area contributed by atoms with Crippen LogP contribution in [-0.2, 0) is 24.2 Å². The molecule has 37 heavy (non-hydrogen) atoms. The van der Waals surface area contributed by atoms with E-state index in [2.05, 4.69) is 52.2 Å². The van der Waals surface area contributed by atoms with Crippen molar-refractivity contribution in [2.75, 3.05) is 5.32 Å². The Morgan fingerprint density at radius 2 is 1.86 bits per heavy atom. The van der Waals surface area contributed by atoms with E-state index in [1.165, 1.54) is 17.3 Å². The molecule has 1 amide bonds. The first kappa shape index (κ1) is 26.6. The Morgan fingerprint density at radius 1 is 1.16 bits per heavy atom. The third kappa shape index (κ3) is 6.84. The van der Waals surface area contributed by atoms with Crippen molar-refractivity contribution in [2.45, 2.75) is 31.9 Å². The number of rotatable bonds is 10. The summed E-state index contributed by atoms with van der Waals surface area (Å²) in [5.41, 5.74) is 4.84. The highest BCUT2D eigenvalue weighted by Gasteiger charge is 2.27. The fourth-order valence-electron chi connectivity index (χ4n) is 3.83. The number of carbonyl (C=O) groups excluding carboxylic acids is 1. The number of carboxylic acids is 1. The van der Waals surface area contributed by atoms with Crippen LogP contribution in [0, 0.1) is 0 Å². The summed E-state index contributed by atoms with van der Waals surface area (Å²) in [5, 5.41) is 15.4. The number of aromatic carboxylic acids is 1. The molecule has 0 bridgehead atoms. The zero-order chi connectivity index (χ0) is 26.4. The Morgan fingerprint density at radius 3 is 2.51 bits per heavy atom. The van der Waals surface area contributed by atoms with Crippen molar-refractivity contribution in [3.8, 4) is 5.75 Å². The summed E-state index contributed by atoms with van der Waals surface area (Å²) in [5.74, 6) is -0.405. The fraction of sp³-hybridized carbons (Fsp3) is 0.172. The van der Waals surface area contributed by atoms with Crippen LogP contribution in [0.4, 0.5) is 5.69 Å². The number of aryl methyl sites for hydroxylation is 1. The number of hydrogen-bond donors (Lipinski definition) is 3. The first-order chi connectivity index (χ1) is 17.9. The van der Waals surface area contributed by atoms with Gasteiger partial charge in [-0.3, -0.25) is 4.79 Å². The molecular weight excluding hydrogens is 552 g/mol. The summed E-state index contributed by atoms with van der Waals surface area (Å²) < 4.78 is 6.85. The van der Waals surface area contributed by atoms with Gasteiger partial charge in [-0.2, -0.15) is 0 Å². The van der Waals surface area contributed by atoms with Gasteiger partial charge in [-0.05, 0) is 93.5 Å². The van der Waals surface area contributed by atoms with E-state index < -0.39 is 5.97 Å². The van der Waals surface area contributed by atoms with E-state index in [-0.39, 0.29) is 23.6 Å². The second-order valence-electron chi connectivity index (χ2n) is 8.45. The predicted molar refractivity (Wildman–Crippen MR) is 153 cm³/mol. The van der Waals surface area contributed by atoms with Gasteiger partial charge in [-0.1, -0.05) is 49.0 Å². The van der Waals surface area contributed by atoms with Crippen LogP contribution in [0.5, 0.6) is 5.75 Å². The van der Waals surface area contributed by atoms with E-state index in [4.69, 9.17) is 9.84 Å². The van der Waals surface area contributed by atoms with Gasteiger partial charge in [0.1, 0.15) is 12.4 Å². The molecule has 0 aliphatic carbocycles. The molecule has 190 valence electrons. The van der Waals surface area contributed by atoms with Gasteiger partial charge in [0.05, 0.1) is 14.9 Å². The van der Waals surface area contributed by atoms with Crippen LogP contribution in [0.1, 0.15) is 39.5 Å². The van der Waals surface area contributed by atoms with Crippen LogP contribution in [0.2, 0.25) is 0 Å². The van der Waals surface area contributed by atoms with E-state index >= 15 is 0 Å². The highest BCUT2D eigenvalue weighted by atomic mass is 79.9. The van der Waals surface area contributed by atoms with Crippen LogP contribution >= 0.6 is 27.7 Å². The largest absolute Gasteiger partial charge is 0.487 e. The zero-order valence-corrected chi connectivity index (χ0v) is 22.7. The average Bonchev–Trinajstić information content (AvgIpc) is 3.22. The minimum Gasteiger partial charge on any atom is -0.487 e. The van der Waals surface area contributed by atoms with Gasteiger partial charge in [0, 0.05) is 5.69 Å². The number of thioether (sulfide) groups is 1. The lowest BCUT2D eigenvalue weighted by Crippen LogP contribution is -2.30. The molecule has 1 aliphatic rings. The average molecular weight is 580 g/mol. The lowest BCUT2D eigenvalue weighted by Gasteiger charge is -2.14. The van der Waals surface area contributed by atoms with Crippen molar-refractivity contribution < 1.29 is 19.4 Å². The molecule has 3 N–H and O–H groups in total. The van der Waals surface area contributed by atoms with Crippen LogP contribution in [0.25, 0.3) is 6.08 Å². The second kappa shape index (κ2) is 12.2. The number of amides is 1. The Balaban J connectivity index is 1.48. The minimum absolute atomic E-state index is 0.126. The molecule has 6 nitrogen and oxygen atoms in total. The predicted octanol–water partition coefficient (Wildman–Crippen LogP) is 6.62. The maximum absolute atomic E-state index is 12.6. The van der Waals surface area contributed by atoms with E-state index in [9.17, 15) is 9.59 Å². The van der Waals surface area contributed by atoms with Crippen molar-refractivity contribution >= 4 is 51.3 Å². The van der Waals surface area contributed by atoms with Crippen molar-refractivity contribution in [1.29, 1.82) is 0 Å². The minimum atomic E-state index is -0.963. The molecule has 0 aromatic heterocycles. The van der Waals surface area contributed by atoms with Crippen LogP contribution in [0.15, 0.2) is 82.7 Å². The zero-order valence-electron chi connectivity index (χ0n) is 20.3. The van der Waals surface area contributed by atoms with Gasteiger partial charge in [0.15, 0.2) is 5.50 Å². The van der Waals surface area contributed by atoms with Crippen molar-refractivity contribution in [3.63, 3.8) is 0 Å². The normalized spacial score (nSPS) is 15.9. The molecule has 0 radical (unpaired) electrons. The first-order valence-electron chi connectivity index (χ1n) is 11.8. The SMILES string of the molecule is C=CCc1cc(/C=C2\S[C@@H](Nc3ccc(CC)cc3)NC2=O)cc(Br)c1OCc1ccc(C(=O)O)cc1. The molecule has 3 aromatic carbocycles. The molecule has 1 atom stereocenters. The van der Waals surface area contributed by atoms with Gasteiger partial charge in [0.2, 0.25) is 0 Å². The maximum atomic E-state index is 12.6. The molecular formula is C29H27BrN2O4S. The Labute approximate surface area is 228 Å². The molecule has 1 aliphatic heterocycles. The molecule has 1 fully saturated rings. The molecule has 3 aromatic rings. The summed E-state index contributed by atoms with van der Waals surface area (Å²) in [6.07, 6.45) is 5.23. The van der Waals surface area contributed by atoms with Gasteiger partial charge in [-0.25, -0.2) is 4.79 Å². The first-order valence-corrected chi connectivity index (χ1v) is 13.5. The number of hydrogen-bond acceptors (Lipinski definition) is 5. The number of nitrogens with one attached hydrogen (secondary N) is 2. The number of anilines is 1. The van der Waals surface area contributed by atoms with Crippen molar-refractivity contribution in [3.05, 3.63) is 111 Å². The number of ether oxygens (including phenoxy) is 1. The van der Waals surface area contributed by atoms with Gasteiger partial charge >= 0.3 is 5.97 Å². The van der Waals surface area contributed by atoms with Gasteiger partial charge in [0.25, 0.3) is 5.91 Å².